The van der Waals surface area contributed by atoms with E-state index >= 15 is 0 Å². The number of allylic oxidation sites excluding steroid dienone is 3. The highest BCUT2D eigenvalue weighted by Gasteiger charge is 2.16. The van der Waals surface area contributed by atoms with Crippen LogP contribution < -0.4 is 0 Å². The summed E-state index contributed by atoms with van der Waals surface area (Å²) in [5, 5.41) is 8.80. The topological polar surface area (TPSA) is 23.8 Å². The highest BCUT2D eigenvalue weighted by molar-refractivity contribution is 7.81. The lowest BCUT2D eigenvalue weighted by Crippen LogP contribution is -2.11. The summed E-state index contributed by atoms with van der Waals surface area (Å²) in [4.78, 5) is 0.602. The summed E-state index contributed by atoms with van der Waals surface area (Å²) < 4.78 is 0. The Morgan fingerprint density at radius 3 is 2.29 bits per heavy atom. The van der Waals surface area contributed by atoms with E-state index in [0.29, 0.717) is 10.4 Å². The molecule has 0 saturated heterocycles. The molecule has 0 unspecified atom stereocenters. The number of thiocarbonyl (C=S) groups is 1. The fraction of sp³-hybridized carbons (Fsp3) is 0.500. The van der Waals surface area contributed by atoms with E-state index in [4.69, 9.17) is 17.5 Å². The van der Waals surface area contributed by atoms with Gasteiger partial charge in [-0.25, -0.2) is 0 Å². The number of hydrogen-bond donors (Lipinski definition) is 0. The molecule has 0 heterocycles. The molecule has 76 valence electrons. The minimum Gasteiger partial charge on any atom is -0.192 e. The van der Waals surface area contributed by atoms with Gasteiger partial charge in [0.1, 0.15) is 6.07 Å². The lowest BCUT2D eigenvalue weighted by Gasteiger charge is -2.19. The van der Waals surface area contributed by atoms with Gasteiger partial charge < -0.3 is 0 Å². The Labute approximate surface area is 92.1 Å². The molecule has 0 aliphatic carbocycles. The van der Waals surface area contributed by atoms with E-state index < -0.39 is 0 Å². The van der Waals surface area contributed by atoms with Crippen molar-refractivity contribution in [1.29, 1.82) is 5.26 Å². The van der Waals surface area contributed by atoms with Crippen LogP contribution in [-0.4, -0.2) is 4.86 Å². The third-order valence-corrected chi connectivity index (χ3v) is 2.23. The minimum atomic E-state index is 0.162. The molecule has 1 nitrogen and oxygen atoms in total. The van der Waals surface area contributed by atoms with Gasteiger partial charge in [-0.1, -0.05) is 45.6 Å². The Bertz CT molecular complexity index is 310. The van der Waals surface area contributed by atoms with Crippen molar-refractivity contribution >= 4 is 17.1 Å². The van der Waals surface area contributed by atoms with Crippen LogP contribution in [0.1, 0.15) is 34.1 Å². The molecule has 0 rings (SSSR count). The molecule has 2 heteroatoms. The molecule has 0 aromatic rings. The summed E-state index contributed by atoms with van der Waals surface area (Å²) in [5.74, 6) is 0. The Morgan fingerprint density at radius 1 is 1.50 bits per heavy atom. The van der Waals surface area contributed by atoms with Crippen molar-refractivity contribution in [3.8, 4) is 6.07 Å². The van der Waals surface area contributed by atoms with E-state index in [-0.39, 0.29) is 5.41 Å². The molecule has 14 heavy (non-hydrogen) atoms. The SMILES string of the molecule is C=C(CC(C)(C)C)C(=S)/C(C#N)=C/C. The van der Waals surface area contributed by atoms with Crippen molar-refractivity contribution in [3.05, 3.63) is 23.8 Å². The van der Waals surface area contributed by atoms with Crippen molar-refractivity contribution in [2.75, 3.05) is 0 Å². The average molecular weight is 207 g/mol. The maximum Gasteiger partial charge on any atom is 0.100 e. The van der Waals surface area contributed by atoms with E-state index in [1.54, 1.807) is 6.08 Å². The zero-order valence-corrected chi connectivity index (χ0v) is 10.2. The molecule has 0 aromatic heterocycles. The number of nitriles is 1. The van der Waals surface area contributed by atoms with Crippen molar-refractivity contribution in [2.24, 2.45) is 5.41 Å². The average Bonchev–Trinajstić information content (AvgIpc) is 2.03. The highest BCUT2D eigenvalue weighted by atomic mass is 32.1. The molecule has 0 spiro atoms. The summed E-state index contributed by atoms with van der Waals surface area (Å²) in [6.07, 6.45) is 2.56. The number of nitrogens with zero attached hydrogens (tertiary/aromatic N) is 1. The van der Waals surface area contributed by atoms with Gasteiger partial charge in [0.15, 0.2) is 0 Å². The maximum atomic E-state index is 8.80. The summed E-state index contributed by atoms with van der Waals surface area (Å²) in [6.45, 7) is 12.1. The van der Waals surface area contributed by atoms with Crippen LogP contribution in [0.2, 0.25) is 0 Å². The van der Waals surface area contributed by atoms with Gasteiger partial charge in [-0.2, -0.15) is 5.26 Å². The van der Waals surface area contributed by atoms with Gasteiger partial charge in [-0.3, -0.25) is 0 Å². The van der Waals surface area contributed by atoms with Crippen LogP contribution in [0.3, 0.4) is 0 Å². The van der Waals surface area contributed by atoms with Gasteiger partial charge >= 0.3 is 0 Å². The summed E-state index contributed by atoms with van der Waals surface area (Å²) >= 11 is 5.17. The van der Waals surface area contributed by atoms with E-state index in [1.165, 1.54) is 0 Å². The molecule has 0 aromatic carbocycles. The van der Waals surface area contributed by atoms with Gasteiger partial charge in [0.05, 0.1) is 10.4 Å². The predicted octanol–water partition coefficient (Wildman–Crippen LogP) is 3.82. The van der Waals surface area contributed by atoms with Gasteiger partial charge in [0.2, 0.25) is 0 Å². The number of hydrogen-bond acceptors (Lipinski definition) is 2. The van der Waals surface area contributed by atoms with Crippen molar-refractivity contribution in [2.45, 2.75) is 34.1 Å². The van der Waals surface area contributed by atoms with Crippen molar-refractivity contribution in [3.63, 3.8) is 0 Å². The van der Waals surface area contributed by atoms with Crippen molar-refractivity contribution in [1.82, 2.24) is 0 Å². The Hall–Kier alpha value is -0.940. The van der Waals surface area contributed by atoms with E-state index in [9.17, 15) is 0 Å². The quantitative estimate of drug-likeness (QED) is 0.399. The van der Waals surface area contributed by atoms with Crippen LogP contribution in [0.15, 0.2) is 23.8 Å². The fourth-order valence-electron chi connectivity index (χ4n) is 1.16. The summed E-state index contributed by atoms with van der Waals surface area (Å²) in [5.41, 5.74) is 1.59. The molecule has 0 atom stereocenters. The minimum absolute atomic E-state index is 0.162. The monoisotopic (exact) mass is 207 g/mol. The normalized spacial score (nSPS) is 12.1. The molecular formula is C12H17NS. The zero-order valence-electron chi connectivity index (χ0n) is 9.35. The van der Waals surface area contributed by atoms with Crippen LogP contribution in [0.4, 0.5) is 0 Å². The molecule has 0 radical (unpaired) electrons. The van der Waals surface area contributed by atoms with E-state index in [2.05, 4.69) is 33.4 Å². The van der Waals surface area contributed by atoms with Gasteiger partial charge in [-0.15, -0.1) is 0 Å². The summed E-state index contributed by atoms with van der Waals surface area (Å²) in [6, 6.07) is 2.08. The number of rotatable bonds is 3. The molecule has 0 aliphatic heterocycles. The maximum absolute atomic E-state index is 8.80. The molecular weight excluding hydrogens is 190 g/mol. The smallest absolute Gasteiger partial charge is 0.100 e. The molecule has 0 amide bonds. The Kier molecular flexibility index (Phi) is 4.73. The third kappa shape index (κ3) is 4.34. The van der Waals surface area contributed by atoms with E-state index in [0.717, 1.165) is 12.0 Å². The van der Waals surface area contributed by atoms with Crippen LogP contribution in [0, 0.1) is 16.7 Å². The zero-order chi connectivity index (χ0) is 11.4. The first-order chi connectivity index (χ1) is 6.31. The van der Waals surface area contributed by atoms with Gasteiger partial charge in [0, 0.05) is 0 Å². The first-order valence-corrected chi connectivity index (χ1v) is 5.01. The standard InChI is InChI=1S/C12H17NS/c1-6-10(8-13)11(14)9(2)7-12(3,4)5/h6H,2,7H2,1,3-5H3/b10-6+. The lowest BCUT2D eigenvalue weighted by atomic mass is 9.86. The van der Waals surface area contributed by atoms with Crippen LogP contribution in [0.25, 0.3) is 0 Å². The summed E-state index contributed by atoms with van der Waals surface area (Å²) in [7, 11) is 0. The third-order valence-electron chi connectivity index (χ3n) is 1.72. The molecule has 0 N–H and O–H groups in total. The predicted molar refractivity (Wildman–Crippen MR) is 65.2 cm³/mol. The molecule has 0 fully saturated rings. The second kappa shape index (κ2) is 5.07. The second-order valence-corrected chi connectivity index (χ2v) is 4.89. The van der Waals surface area contributed by atoms with Gasteiger partial charge in [-0.05, 0) is 24.3 Å². The molecule has 0 saturated carbocycles. The van der Waals surface area contributed by atoms with Gasteiger partial charge in [0.25, 0.3) is 0 Å². The molecule has 0 aliphatic rings. The Morgan fingerprint density at radius 2 is 2.00 bits per heavy atom. The first kappa shape index (κ1) is 13.1. The largest absolute Gasteiger partial charge is 0.192 e. The van der Waals surface area contributed by atoms with E-state index in [1.807, 2.05) is 6.92 Å². The highest BCUT2D eigenvalue weighted by Crippen LogP contribution is 2.25. The van der Waals surface area contributed by atoms with Crippen molar-refractivity contribution < 1.29 is 0 Å². The first-order valence-electron chi connectivity index (χ1n) is 4.60. The molecule has 0 bridgehead atoms. The lowest BCUT2D eigenvalue weighted by molar-refractivity contribution is 0.416. The second-order valence-electron chi connectivity index (χ2n) is 4.48. The fourth-order valence-corrected chi connectivity index (χ4v) is 1.39. The van der Waals surface area contributed by atoms with Crippen LogP contribution >= 0.6 is 12.2 Å². The van der Waals surface area contributed by atoms with Crippen LogP contribution in [-0.2, 0) is 0 Å². The van der Waals surface area contributed by atoms with Crippen LogP contribution in [0.5, 0.6) is 0 Å². The Balaban J connectivity index is 4.60.